The number of nitrogens with zero attached hydrogens (tertiary/aromatic N) is 4. The Morgan fingerprint density at radius 3 is 2.64 bits per heavy atom. The first-order valence-electron chi connectivity index (χ1n) is 8.20. The van der Waals surface area contributed by atoms with Crippen LogP contribution in [0.3, 0.4) is 0 Å². The lowest BCUT2D eigenvalue weighted by Crippen LogP contribution is -2.17. The van der Waals surface area contributed by atoms with Gasteiger partial charge in [0, 0.05) is 18.0 Å². The van der Waals surface area contributed by atoms with Gasteiger partial charge in [0.25, 0.3) is 5.91 Å². The van der Waals surface area contributed by atoms with Gasteiger partial charge in [0.2, 0.25) is 0 Å². The molecule has 1 unspecified atom stereocenters. The molecular weight excluding hydrogens is 391 g/mol. The summed E-state index contributed by atoms with van der Waals surface area (Å²) in [6, 6.07) is 10.3. The normalized spacial score (nSPS) is 12.6. The number of nitrogens with one attached hydrogen (secondary N) is 1. The minimum atomic E-state index is -4.61. The first-order chi connectivity index (χ1) is 13.2. The summed E-state index contributed by atoms with van der Waals surface area (Å²) in [5.74, 6) is -0.711. The standard InChI is InChI=1S/C18H16F3N5OS/c1-11(28-17-25-22-10-26(17)2)12-5-3-6-13(9-12)23-16(27)14-7-4-8-15(24-14)18(19,20)21/h3-11H,1-2H3,(H,23,27). The van der Waals surface area contributed by atoms with Crippen molar-refractivity contribution < 1.29 is 18.0 Å². The van der Waals surface area contributed by atoms with Crippen LogP contribution in [0.5, 0.6) is 0 Å². The maximum Gasteiger partial charge on any atom is 0.433 e. The van der Waals surface area contributed by atoms with E-state index in [0.717, 1.165) is 22.9 Å². The number of carbonyl (C=O) groups excluding carboxylic acids is 1. The largest absolute Gasteiger partial charge is 0.433 e. The summed E-state index contributed by atoms with van der Waals surface area (Å²) in [5, 5.41) is 11.2. The first-order valence-corrected chi connectivity index (χ1v) is 9.08. The fraction of sp³-hybridized carbons (Fsp3) is 0.222. The molecule has 0 spiro atoms. The zero-order valence-electron chi connectivity index (χ0n) is 14.9. The van der Waals surface area contributed by atoms with E-state index in [1.54, 1.807) is 29.1 Å². The third-order valence-electron chi connectivity index (χ3n) is 3.84. The van der Waals surface area contributed by atoms with Crippen LogP contribution in [0.25, 0.3) is 0 Å². The van der Waals surface area contributed by atoms with Crippen molar-refractivity contribution in [2.45, 2.75) is 23.5 Å². The Balaban J connectivity index is 1.74. The molecule has 3 aromatic rings. The zero-order chi connectivity index (χ0) is 20.3. The predicted octanol–water partition coefficient (Wildman–Crippen LogP) is 4.33. The lowest BCUT2D eigenvalue weighted by Gasteiger charge is -2.13. The second-order valence-electron chi connectivity index (χ2n) is 5.97. The summed E-state index contributed by atoms with van der Waals surface area (Å²) < 4.78 is 40.1. The molecule has 0 bridgehead atoms. The second kappa shape index (κ2) is 8.01. The average molecular weight is 407 g/mol. The number of amides is 1. The number of hydrogen-bond donors (Lipinski definition) is 1. The highest BCUT2D eigenvalue weighted by atomic mass is 32.2. The van der Waals surface area contributed by atoms with Gasteiger partial charge in [-0.2, -0.15) is 13.2 Å². The van der Waals surface area contributed by atoms with Gasteiger partial charge in [0.05, 0.1) is 0 Å². The van der Waals surface area contributed by atoms with Crippen LogP contribution in [0.4, 0.5) is 18.9 Å². The Morgan fingerprint density at radius 1 is 1.21 bits per heavy atom. The van der Waals surface area contributed by atoms with E-state index in [1.807, 2.05) is 20.0 Å². The minimum absolute atomic E-state index is 0.0198. The second-order valence-corrected chi connectivity index (χ2v) is 7.28. The fourth-order valence-corrected chi connectivity index (χ4v) is 3.30. The molecule has 2 heterocycles. The summed E-state index contributed by atoms with van der Waals surface area (Å²) in [7, 11) is 1.84. The Labute approximate surface area is 163 Å². The van der Waals surface area contributed by atoms with Gasteiger partial charge in [-0.1, -0.05) is 30.0 Å². The molecule has 0 aliphatic rings. The van der Waals surface area contributed by atoms with Crippen molar-refractivity contribution in [3.63, 3.8) is 0 Å². The topological polar surface area (TPSA) is 72.7 Å². The minimum Gasteiger partial charge on any atom is -0.321 e. The van der Waals surface area contributed by atoms with Crippen molar-refractivity contribution in [3.05, 3.63) is 65.7 Å². The van der Waals surface area contributed by atoms with Gasteiger partial charge >= 0.3 is 6.18 Å². The molecule has 0 saturated carbocycles. The number of hydrogen-bond acceptors (Lipinski definition) is 5. The number of benzene rings is 1. The molecule has 1 aromatic carbocycles. The summed E-state index contributed by atoms with van der Waals surface area (Å²) in [4.78, 5) is 15.7. The highest BCUT2D eigenvalue weighted by Crippen LogP contribution is 2.34. The van der Waals surface area contributed by atoms with E-state index >= 15 is 0 Å². The maximum absolute atomic E-state index is 12.8. The third-order valence-corrected chi connectivity index (χ3v) is 5.04. The molecule has 0 fully saturated rings. The number of alkyl halides is 3. The zero-order valence-corrected chi connectivity index (χ0v) is 15.8. The summed E-state index contributed by atoms with van der Waals surface area (Å²) >= 11 is 1.50. The van der Waals surface area contributed by atoms with Gasteiger partial charge in [-0.3, -0.25) is 4.79 Å². The van der Waals surface area contributed by atoms with Crippen LogP contribution in [0, 0.1) is 0 Å². The van der Waals surface area contributed by atoms with Crippen LogP contribution >= 0.6 is 11.8 Å². The van der Waals surface area contributed by atoms with Crippen molar-refractivity contribution in [2.24, 2.45) is 7.05 Å². The molecule has 2 aromatic heterocycles. The Kier molecular flexibility index (Phi) is 5.68. The molecule has 6 nitrogen and oxygen atoms in total. The molecule has 0 radical (unpaired) electrons. The number of aryl methyl sites for hydroxylation is 1. The molecule has 10 heteroatoms. The van der Waals surface area contributed by atoms with Gasteiger partial charge in [-0.25, -0.2) is 4.98 Å². The van der Waals surface area contributed by atoms with Gasteiger partial charge in [-0.15, -0.1) is 10.2 Å². The maximum atomic E-state index is 12.8. The SMILES string of the molecule is CC(Sc1nncn1C)c1cccc(NC(=O)c2cccc(C(F)(F)F)n2)c1. The van der Waals surface area contributed by atoms with Crippen LogP contribution in [0.15, 0.2) is 53.9 Å². The number of carbonyl (C=O) groups is 1. The monoisotopic (exact) mass is 407 g/mol. The van der Waals surface area contributed by atoms with Crippen LogP contribution in [0.1, 0.15) is 33.9 Å². The van der Waals surface area contributed by atoms with Gasteiger partial charge in [-0.05, 0) is 36.8 Å². The van der Waals surface area contributed by atoms with E-state index in [1.165, 1.54) is 17.8 Å². The van der Waals surface area contributed by atoms with Gasteiger partial charge < -0.3 is 9.88 Å². The number of pyridine rings is 1. The van der Waals surface area contributed by atoms with E-state index in [2.05, 4.69) is 20.5 Å². The van der Waals surface area contributed by atoms with E-state index in [9.17, 15) is 18.0 Å². The molecule has 1 amide bonds. The predicted molar refractivity (Wildman–Crippen MR) is 98.9 cm³/mol. The summed E-state index contributed by atoms with van der Waals surface area (Å²) in [6.07, 6.45) is -3.00. The molecule has 0 aliphatic heterocycles. The summed E-state index contributed by atoms with van der Waals surface area (Å²) in [5.41, 5.74) is -0.0285. The first kappa shape index (κ1) is 19.9. The number of anilines is 1. The van der Waals surface area contributed by atoms with E-state index in [4.69, 9.17) is 0 Å². The molecule has 0 saturated heterocycles. The van der Waals surface area contributed by atoms with Crippen molar-refractivity contribution in [2.75, 3.05) is 5.32 Å². The Bertz CT molecular complexity index is 989. The quantitative estimate of drug-likeness (QED) is 0.637. The van der Waals surface area contributed by atoms with Crippen LogP contribution in [0.2, 0.25) is 0 Å². The van der Waals surface area contributed by atoms with Crippen LogP contribution in [-0.4, -0.2) is 25.7 Å². The van der Waals surface area contributed by atoms with Crippen molar-refractivity contribution in [1.29, 1.82) is 0 Å². The molecule has 1 N–H and O–H groups in total. The van der Waals surface area contributed by atoms with Crippen molar-refractivity contribution >= 4 is 23.4 Å². The molecule has 1 atom stereocenters. The highest BCUT2D eigenvalue weighted by molar-refractivity contribution is 7.99. The van der Waals surface area contributed by atoms with Crippen molar-refractivity contribution in [1.82, 2.24) is 19.7 Å². The number of aromatic nitrogens is 4. The fourth-order valence-electron chi connectivity index (χ4n) is 2.39. The van der Waals surface area contributed by atoms with Gasteiger partial charge in [0.1, 0.15) is 17.7 Å². The Hall–Kier alpha value is -2.88. The molecule has 28 heavy (non-hydrogen) atoms. The Morgan fingerprint density at radius 2 is 1.96 bits per heavy atom. The lowest BCUT2D eigenvalue weighted by atomic mass is 10.1. The lowest BCUT2D eigenvalue weighted by molar-refractivity contribution is -0.141. The smallest absolute Gasteiger partial charge is 0.321 e. The number of thioether (sulfide) groups is 1. The molecule has 0 aliphatic carbocycles. The molecular formula is C18H16F3N5OS. The highest BCUT2D eigenvalue weighted by Gasteiger charge is 2.32. The van der Waals surface area contributed by atoms with Gasteiger partial charge in [0.15, 0.2) is 5.16 Å². The van der Waals surface area contributed by atoms with E-state index in [-0.39, 0.29) is 10.9 Å². The van der Waals surface area contributed by atoms with E-state index in [0.29, 0.717) is 5.69 Å². The summed E-state index contributed by atoms with van der Waals surface area (Å²) in [6.45, 7) is 1.98. The molecule has 3 rings (SSSR count). The van der Waals surface area contributed by atoms with Crippen LogP contribution in [-0.2, 0) is 13.2 Å². The van der Waals surface area contributed by atoms with Crippen LogP contribution < -0.4 is 5.32 Å². The van der Waals surface area contributed by atoms with Crippen molar-refractivity contribution in [3.8, 4) is 0 Å². The third kappa shape index (κ3) is 4.69. The number of rotatable bonds is 5. The number of halogens is 3. The van der Waals surface area contributed by atoms with E-state index < -0.39 is 17.8 Å². The average Bonchev–Trinajstić information content (AvgIpc) is 3.06. The molecule has 146 valence electrons.